The van der Waals surface area contributed by atoms with Crippen LogP contribution >= 0.6 is 11.6 Å². The molecule has 3 heterocycles. The van der Waals surface area contributed by atoms with Crippen molar-refractivity contribution in [3.05, 3.63) is 77.6 Å². The lowest BCUT2D eigenvalue weighted by atomic mass is 9.99. The van der Waals surface area contributed by atoms with Crippen LogP contribution in [0.25, 0.3) is 27.4 Å². The molecule has 146 valence electrons. The van der Waals surface area contributed by atoms with Crippen LogP contribution in [0.3, 0.4) is 0 Å². The summed E-state index contributed by atoms with van der Waals surface area (Å²) >= 11 is 6.08. The zero-order valence-electron chi connectivity index (χ0n) is 15.5. The van der Waals surface area contributed by atoms with E-state index in [4.69, 9.17) is 11.6 Å². The molecule has 7 heteroatoms. The minimum absolute atomic E-state index is 0.153. The van der Waals surface area contributed by atoms with E-state index in [-0.39, 0.29) is 4.90 Å². The molecule has 5 nitrogen and oxygen atoms in total. The van der Waals surface area contributed by atoms with Crippen LogP contribution in [-0.2, 0) is 10.0 Å². The first-order chi connectivity index (χ1) is 14.1. The molecule has 2 aromatic heterocycles. The van der Waals surface area contributed by atoms with E-state index in [1.54, 1.807) is 30.6 Å². The molecule has 0 atom stereocenters. The highest BCUT2D eigenvalue weighted by atomic mass is 35.5. The van der Waals surface area contributed by atoms with Crippen molar-refractivity contribution in [1.82, 2.24) is 14.3 Å². The van der Waals surface area contributed by atoms with Gasteiger partial charge in [0.1, 0.15) is 0 Å². The Balaban J connectivity index is 1.87. The fraction of sp³-hybridized carbons (Fsp3) is 0.136. The molecule has 29 heavy (non-hydrogen) atoms. The molecule has 0 aliphatic carbocycles. The van der Waals surface area contributed by atoms with Crippen LogP contribution < -0.4 is 5.32 Å². The van der Waals surface area contributed by atoms with Gasteiger partial charge in [-0.3, -0.25) is 4.98 Å². The minimum atomic E-state index is -3.85. The molecule has 1 aliphatic heterocycles. The third kappa shape index (κ3) is 3.04. The Morgan fingerprint density at radius 2 is 2.00 bits per heavy atom. The summed E-state index contributed by atoms with van der Waals surface area (Å²) in [5, 5.41) is 5.46. The fourth-order valence-electron chi connectivity index (χ4n) is 3.88. The molecule has 2 aromatic carbocycles. The van der Waals surface area contributed by atoms with E-state index >= 15 is 0 Å². The molecule has 0 spiro atoms. The third-order valence-electron chi connectivity index (χ3n) is 5.27. The van der Waals surface area contributed by atoms with E-state index in [9.17, 15) is 8.42 Å². The quantitative estimate of drug-likeness (QED) is 0.528. The first-order valence-electron chi connectivity index (χ1n) is 9.36. The lowest BCUT2D eigenvalue weighted by Gasteiger charge is -2.13. The van der Waals surface area contributed by atoms with Crippen LogP contribution in [0.2, 0.25) is 5.02 Å². The number of halogens is 1. The molecule has 1 N–H and O–H groups in total. The van der Waals surface area contributed by atoms with Gasteiger partial charge in [0.25, 0.3) is 10.0 Å². The predicted octanol–water partition coefficient (Wildman–Crippen LogP) is 4.46. The van der Waals surface area contributed by atoms with E-state index in [1.807, 2.05) is 24.3 Å². The van der Waals surface area contributed by atoms with Crippen LogP contribution in [0.15, 0.2) is 71.9 Å². The number of hydrogen-bond acceptors (Lipinski definition) is 4. The minimum Gasteiger partial charge on any atom is -0.313 e. The number of rotatable bonds is 3. The highest BCUT2D eigenvalue weighted by Gasteiger charge is 2.25. The van der Waals surface area contributed by atoms with E-state index in [0.29, 0.717) is 16.1 Å². The second kappa shape index (κ2) is 6.99. The van der Waals surface area contributed by atoms with Crippen LogP contribution in [0.1, 0.15) is 12.0 Å². The van der Waals surface area contributed by atoms with Crippen molar-refractivity contribution in [2.75, 3.05) is 13.1 Å². The molecule has 0 fully saturated rings. The van der Waals surface area contributed by atoms with Gasteiger partial charge in [0.15, 0.2) is 0 Å². The van der Waals surface area contributed by atoms with E-state index in [2.05, 4.69) is 16.4 Å². The second-order valence-electron chi connectivity index (χ2n) is 7.02. The van der Waals surface area contributed by atoms with Crippen LogP contribution in [0.5, 0.6) is 0 Å². The molecule has 0 saturated carbocycles. The van der Waals surface area contributed by atoms with Gasteiger partial charge in [-0.05, 0) is 42.8 Å². The monoisotopic (exact) mass is 423 g/mol. The topological polar surface area (TPSA) is 64.0 Å². The summed E-state index contributed by atoms with van der Waals surface area (Å²) in [7, 11) is -3.85. The number of nitrogens with zero attached hydrogens (tertiary/aromatic N) is 2. The van der Waals surface area contributed by atoms with Gasteiger partial charge in [0.05, 0.1) is 15.9 Å². The Morgan fingerprint density at radius 3 is 2.79 bits per heavy atom. The molecule has 0 radical (unpaired) electrons. The standard InChI is InChI=1S/C22H18ClN3O2S/c23-17-4-1-5-18(13-17)29(27,28)26-14-20(15-8-11-24-12-9-15)19-7-6-16-3-2-10-25-21(16)22(19)26/h1-8,10,13-14,24H,9,11-12H2. The number of hydrogen-bond donors (Lipinski definition) is 1. The van der Waals surface area contributed by atoms with Gasteiger partial charge in [0, 0.05) is 40.3 Å². The fourth-order valence-corrected chi connectivity index (χ4v) is 5.55. The Labute approximate surface area is 173 Å². The van der Waals surface area contributed by atoms with Gasteiger partial charge in [-0.25, -0.2) is 12.4 Å². The molecule has 4 aromatic rings. The maximum absolute atomic E-state index is 13.6. The molecule has 0 amide bonds. The molecular weight excluding hydrogens is 406 g/mol. The third-order valence-corrected chi connectivity index (χ3v) is 7.16. The molecule has 1 aliphatic rings. The van der Waals surface area contributed by atoms with Crippen molar-refractivity contribution < 1.29 is 8.42 Å². The summed E-state index contributed by atoms with van der Waals surface area (Å²) in [5.41, 5.74) is 3.33. The highest BCUT2D eigenvalue weighted by molar-refractivity contribution is 7.90. The average Bonchev–Trinajstić information content (AvgIpc) is 3.15. The van der Waals surface area contributed by atoms with E-state index < -0.39 is 10.0 Å². The zero-order valence-corrected chi connectivity index (χ0v) is 17.0. The van der Waals surface area contributed by atoms with Gasteiger partial charge in [-0.15, -0.1) is 0 Å². The Bertz CT molecular complexity index is 1390. The molecule has 0 saturated heterocycles. The molecule has 0 unspecified atom stereocenters. The van der Waals surface area contributed by atoms with Gasteiger partial charge in [-0.1, -0.05) is 41.9 Å². The van der Waals surface area contributed by atoms with Gasteiger partial charge < -0.3 is 5.32 Å². The van der Waals surface area contributed by atoms with Crippen molar-refractivity contribution >= 4 is 49.0 Å². The normalized spacial score (nSPS) is 15.0. The number of pyridine rings is 1. The maximum atomic E-state index is 13.6. The smallest absolute Gasteiger partial charge is 0.268 e. The number of aromatic nitrogens is 2. The van der Waals surface area contributed by atoms with Crippen molar-refractivity contribution in [1.29, 1.82) is 0 Å². The predicted molar refractivity (Wildman–Crippen MR) is 117 cm³/mol. The highest BCUT2D eigenvalue weighted by Crippen LogP contribution is 2.35. The molecule has 0 bridgehead atoms. The first kappa shape index (κ1) is 18.4. The summed E-state index contributed by atoms with van der Waals surface area (Å²) in [5.74, 6) is 0. The number of nitrogens with one attached hydrogen (secondary N) is 1. The Morgan fingerprint density at radius 1 is 1.10 bits per heavy atom. The largest absolute Gasteiger partial charge is 0.313 e. The van der Waals surface area contributed by atoms with E-state index in [0.717, 1.165) is 41.4 Å². The van der Waals surface area contributed by atoms with Gasteiger partial charge >= 0.3 is 0 Å². The van der Waals surface area contributed by atoms with Crippen LogP contribution in [0.4, 0.5) is 0 Å². The number of benzene rings is 2. The van der Waals surface area contributed by atoms with Crippen molar-refractivity contribution in [2.45, 2.75) is 11.3 Å². The molecular formula is C22H18ClN3O2S. The van der Waals surface area contributed by atoms with Crippen molar-refractivity contribution in [3.63, 3.8) is 0 Å². The molecule has 5 rings (SSSR count). The summed E-state index contributed by atoms with van der Waals surface area (Å²) in [6, 6.07) is 14.1. The second-order valence-corrected chi connectivity index (χ2v) is 9.27. The van der Waals surface area contributed by atoms with Crippen LogP contribution in [0, 0.1) is 0 Å². The van der Waals surface area contributed by atoms with Gasteiger partial charge in [0.2, 0.25) is 0 Å². The summed E-state index contributed by atoms with van der Waals surface area (Å²) in [4.78, 5) is 4.66. The van der Waals surface area contributed by atoms with Gasteiger partial charge in [-0.2, -0.15) is 0 Å². The lowest BCUT2D eigenvalue weighted by molar-refractivity contribution is 0.589. The zero-order chi connectivity index (χ0) is 20.0. The Hall–Kier alpha value is -2.67. The summed E-state index contributed by atoms with van der Waals surface area (Å²) in [6.45, 7) is 1.64. The van der Waals surface area contributed by atoms with E-state index in [1.165, 1.54) is 10.0 Å². The van der Waals surface area contributed by atoms with Crippen molar-refractivity contribution in [2.24, 2.45) is 0 Å². The van der Waals surface area contributed by atoms with Crippen LogP contribution in [-0.4, -0.2) is 30.5 Å². The first-order valence-corrected chi connectivity index (χ1v) is 11.2. The van der Waals surface area contributed by atoms with Crippen molar-refractivity contribution in [3.8, 4) is 0 Å². The average molecular weight is 424 g/mol. The summed E-state index contributed by atoms with van der Waals surface area (Å²) < 4.78 is 28.5. The number of fused-ring (bicyclic) bond motifs is 3. The summed E-state index contributed by atoms with van der Waals surface area (Å²) in [6.07, 6.45) is 6.38. The maximum Gasteiger partial charge on any atom is 0.268 e. The lowest BCUT2D eigenvalue weighted by Crippen LogP contribution is -2.20. The Kier molecular flexibility index (Phi) is 4.42. The SMILES string of the molecule is O=S(=O)(c1cccc(Cl)c1)n1cc(C2=CCNCC2)c2ccc3cccnc3c21.